The number of carbonyl (C=O) groups is 2. The third kappa shape index (κ3) is 2.59. The molecule has 114 valence electrons. The molecular weight excluding hydrogens is 282 g/mol. The zero-order valence-corrected chi connectivity index (χ0v) is 12.3. The van der Waals surface area contributed by atoms with Crippen LogP contribution in [-0.4, -0.2) is 28.3 Å². The Morgan fingerprint density at radius 3 is 3.14 bits per heavy atom. The first kappa shape index (κ1) is 14.3. The van der Waals surface area contributed by atoms with E-state index < -0.39 is 0 Å². The summed E-state index contributed by atoms with van der Waals surface area (Å²) in [6, 6.07) is 1.69. The van der Waals surface area contributed by atoms with Gasteiger partial charge in [-0.05, 0) is 19.8 Å². The maximum atomic E-state index is 12.5. The molecule has 0 aliphatic heterocycles. The molecular formula is C16H17N3O3. The second-order valence-electron chi connectivity index (χ2n) is 5.09. The van der Waals surface area contributed by atoms with E-state index in [-0.39, 0.29) is 11.7 Å². The maximum absolute atomic E-state index is 12.5. The van der Waals surface area contributed by atoms with Crippen molar-refractivity contribution in [2.75, 3.05) is 11.9 Å². The number of rotatable bonds is 4. The van der Waals surface area contributed by atoms with Gasteiger partial charge in [-0.25, -0.2) is 0 Å². The van der Waals surface area contributed by atoms with Crippen molar-refractivity contribution in [3.63, 3.8) is 0 Å². The van der Waals surface area contributed by atoms with Gasteiger partial charge in [-0.1, -0.05) is 0 Å². The minimum atomic E-state index is -0.332. The molecule has 2 aromatic heterocycles. The van der Waals surface area contributed by atoms with Crippen molar-refractivity contribution in [2.24, 2.45) is 0 Å². The summed E-state index contributed by atoms with van der Waals surface area (Å²) in [6.45, 7) is 2.36. The van der Waals surface area contributed by atoms with E-state index in [9.17, 15) is 9.59 Å². The Kier molecular flexibility index (Phi) is 3.91. The Hall–Kier alpha value is -2.63. The molecule has 22 heavy (non-hydrogen) atoms. The van der Waals surface area contributed by atoms with E-state index in [1.165, 1.54) is 6.20 Å². The van der Waals surface area contributed by atoms with Crippen molar-refractivity contribution in [3.8, 4) is 5.75 Å². The normalized spacial score (nSPS) is 13.6. The van der Waals surface area contributed by atoms with Gasteiger partial charge in [-0.15, -0.1) is 0 Å². The van der Waals surface area contributed by atoms with Gasteiger partial charge in [0.05, 0.1) is 23.9 Å². The lowest BCUT2D eigenvalue weighted by molar-refractivity contribution is 0.0956. The molecule has 0 atom stereocenters. The number of Topliss-reactive ketones (excluding diaryl/α,β-unsaturated/α-hetero) is 1. The summed E-state index contributed by atoms with van der Waals surface area (Å²) in [6.07, 6.45) is 6.84. The number of nitrogens with one attached hydrogen (secondary N) is 2. The molecule has 2 N–H and O–H groups in total. The summed E-state index contributed by atoms with van der Waals surface area (Å²) in [5, 5.41) is 2.77. The van der Waals surface area contributed by atoms with E-state index in [1.54, 1.807) is 18.5 Å². The van der Waals surface area contributed by atoms with Gasteiger partial charge in [-0.2, -0.15) is 0 Å². The lowest BCUT2D eigenvalue weighted by Gasteiger charge is -2.13. The van der Waals surface area contributed by atoms with Crippen LogP contribution >= 0.6 is 0 Å². The summed E-state index contributed by atoms with van der Waals surface area (Å²) < 4.78 is 5.46. The Bertz CT molecular complexity index is 721. The van der Waals surface area contributed by atoms with E-state index in [1.807, 2.05) is 6.92 Å². The molecule has 3 rings (SSSR count). The second kappa shape index (κ2) is 6.01. The van der Waals surface area contributed by atoms with Crippen molar-refractivity contribution in [2.45, 2.75) is 26.2 Å². The molecule has 2 heterocycles. The number of aromatic amines is 1. The summed E-state index contributed by atoms with van der Waals surface area (Å²) in [4.78, 5) is 31.6. The number of ketones is 1. The first-order valence-electron chi connectivity index (χ1n) is 7.32. The number of aryl methyl sites for hydroxylation is 1. The van der Waals surface area contributed by atoms with Gasteiger partial charge >= 0.3 is 0 Å². The van der Waals surface area contributed by atoms with Crippen molar-refractivity contribution in [1.29, 1.82) is 0 Å². The van der Waals surface area contributed by atoms with Gasteiger partial charge in [-0.3, -0.25) is 14.6 Å². The van der Waals surface area contributed by atoms with E-state index in [0.717, 1.165) is 18.5 Å². The molecule has 0 saturated heterocycles. The standard InChI is InChI=1S/C16H17N3O3/c1-2-22-14-6-7-17-9-12(14)19-16(21)10-8-18-11-4-3-5-13(20)15(10)11/h6-9,18H,2-5H2,1H3,(H,19,21). The molecule has 0 aromatic carbocycles. The van der Waals surface area contributed by atoms with Gasteiger partial charge in [0.25, 0.3) is 5.91 Å². The van der Waals surface area contributed by atoms with Crippen LogP contribution in [-0.2, 0) is 6.42 Å². The Balaban J connectivity index is 1.87. The number of anilines is 1. The van der Waals surface area contributed by atoms with Crippen LogP contribution in [0.2, 0.25) is 0 Å². The minimum Gasteiger partial charge on any atom is -0.492 e. The number of H-pyrrole nitrogens is 1. The van der Waals surface area contributed by atoms with Crippen LogP contribution in [0.1, 0.15) is 46.2 Å². The van der Waals surface area contributed by atoms with E-state index in [2.05, 4.69) is 15.3 Å². The number of pyridine rings is 1. The summed E-state index contributed by atoms with van der Waals surface area (Å²) in [7, 11) is 0. The highest BCUT2D eigenvalue weighted by atomic mass is 16.5. The molecule has 2 aromatic rings. The molecule has 0 spiro atoms. The van der Waals surface area contributed by atoms with E-state index in [4.69, 9.17) is 4.74 Å². The molecule has 0 fully saturated rings. The Morgan fingerprint density at radius 1 is 1.45 bits per heavy atom. The monoisotopic (exact) mass is 299 g/mol. The number of amides is 1. The molecule has 0 radical (unpaired) electrons. The minimum absolute atomic E-state index is 0.0175. The first-order valence-corrected chi connectivity index (χ1v) is 7.32. The third-order valence-electron chi connectivity index (χ3n) is 3.65. The molecule has 0 saturated carbocycles. The third-order valence-corrected chi connectivity index (χ3v) is 3.65. The number of nitrogens with zero attached hydrogens (tertiary/aromatic N) is 1. The molecule has 0 unspecified atom stereocenters. The fraction of sp³-hybridized carbons (Fsp3) is 0.312. The molecule has 6 nitrogen and oxygen atoms in total. The van der Waals surface area contributed by atoms with Gasteiger partial charge in [0, 0.05) is 30.6 Å². The SMILES string of the molecule is CCOc1ccncc1NC(=O)c1c[nH]c2c1C(=O)CCC2. The highest BCUT2D eigenvalue weighted by Crippen LogP contribution is 2.27. The Morgan fingerprint density at radius 2 is 2.32 bits per heavy atom. The van der Waals surface area contributed by atoms with Crippen LogP contribution in [0.3, 0.4) is 0 Å². The number of carbonyl (C=O) groups excluding carboxylic acids is 2. The number of aromatic nitrogens is 2. The van der Waals surface area contributed by atoms with Gasteiger partial charge in [0.1, 0.15) is 11.4 Å². The maximum Gasteiger partial charge on any atom is 0.258 e. The van der Waals surface area contributed by atoms with Gasteiger partial charge < -0.3 is 15.0 Å². The quantitative estimate of drug-likeness (QED) is 0.908. The molecule has 0 bridgehead atoms. The van der Waals surface area contributed by atoms with Gasteiger partial charge in [0.2, 0.25) is 0 Å². The van der Waals surface area contributed by atoms with E-state index >= 15 is 0 Å². The summed E-state index contributed by atoms with van der Waals surface area (Å²) in [5.41, 5.74) is 2.24. The zero-order chi connectivity index (χ0) is 15.5. The fourth-order valence-electron chi connectivity index (χ4n) is 2.66. The van der Waals surface area contributed by atoms with E-state index in [0.29, 0.717) is 35.6 Å². The van der Waals surface area contributed by atoms with Crippen LogP contribution in [0, 0.1) is 0 Å². The molecule has 1 aliphatic rings. The fourth-order valence-corrected chi connectivity index (χ4v) is 2.66. The lowest BCUT2D eigenvalue weighted by Crippen LogP contribution is -2.18. The number of fused-ring (bicyclic) bond motifs is 1. The highest BCUT2D eigenvalue weighted by Gasteiger charge is 2.26. The largest absolute Gasteiger partial charge is 0.492 e. The van der Waals surface area contributed by atoms with Crippen molar-refractivity contribution in [3.05, 3.63) is 41.5 Å². The smallest absolute Gasteiger partial charge is 0.258 e. The van der Waals surface area contributed by atoms with Crippen molar-refractivity contribution >= 4 is 17.4 Å². The van der Waals surface area contributed by atoms with Gasteiger partial charge in [0.15, 0.2) is 5.78 Å². The predicted molar refractivity (Wildman–Crippen MR) is 81.4 cm³/mol. The molecule has 6 heteroatoms. The average Bonchev–Trinajstić information content (AvgIpc) is 2.95. The Labute approximate surface area is 127 Å². The second-order valence-corrected chi connectivity index (χ2v) is 5.09. The topological polar surface area (TPSA) is 84.1 Å². The van der Waals surface area contributed by atoms with Crippen LogP contribution in [0.15, 0.2) is 24.7 Å². The van der Waals surface area contributed by atoms with Crippen molar-refractivity contribution in [1.82, 2.24) is 9.97 Å². The predicted octanol–water partition coefficient (Wildman–Crippen LogP) is 2.58. The summed E-state index contributed by atoms with van der Waals surface area (Å²) >= 11 is 0. The molecule has 1 aliphatic carbocycles. The first-order chi connectivity index (χ1) is 10.7. The summed E-state index contributed by atoms with van der Waals surface area (Å²) in [5.74, 6) is 0.243. The van der Waals surface area contributed by atoms with Crippen LogP contribution in [0.5, 0.6) is 5.75 Å². The highest BCUT2D eigenvalue weighted by molar-refractivity contribution is 6.13. The van der Waals surface area contributed by atoms with Crippen LogP contribution in [0.4, 0.5) is 5.69 Å². The lowest BCUT2D eigenvalue weighted by atomic mass is 9.93. The number of hydrogen-bond acceptors (Lipinski definition) is 4. The molecule has 1 amide bonds. The van der Waals surface area contributed by atoms with Crippen molar-refractivity contribution < 1.29 is 14.3 Å². The number of hydrogen-bond donors (Lipinski definition) is 2. The number of ether oxygens (including phenoxy) is 1. The van der Waals surface area contributed by atoms with Crippen LogP contribution < -0.4 is 10.1 Å². The average molecular weight is 299 g/mol. The van der Waals surface area contributed by atoms with Crippen LogP contribution in [0.25, 0.3) is 0 Å². The zero-order valence-electron chi connectivity index (χ0n) is 12.3.